The Morgan fingerprint density at radius 2 is 1.68 bits per heavy atom. The van der Waals surface area contributed by atoms with Crippen molar-refractivity contribution in [2.45, 2.75) is 66.2 Å². The molecule has 0 heterocycles. The van der Waals surface area contributed by atoms with E-state index in [1.165, 1.54) is 30.3 Å². The molecule has 31 heavy (non-hydrogen) atoms. The van der Waals surface area contributed by atoms with Gasteiger partial charge in [-0.15, -0.1) is 0 Å². The van der Waals surface area contributed by atoms with Crippen molar-refractivity contribution in [3.05, 3.63) is 54.1 Å². The Morgan fingerprint density at radius 3 is 2.29 bits per heavy atom. The molecule has 2 aromatic rings. The van der Waals surface area contributed by atoms with Gasteiger partial charge in [-0.25, -0.2) is 21.6 Å². The Kier molecular flexibility index (Phi) is 6.88. The van der Waals surface area contributed by atoms with E-state index >= 15 is 0 Å². The van der Waals surface area contributed by atoms with Crippen molar-refractivity contribution >= 4 is 25.8 Å². The standard InChI is InChI=1S/C22H27NO6S2/c1-15(2)20-12-11-19(30(26,27)18-9-4-3-5-10-18)14-21(20)31(28,29)23-17-8-6-7-16(13-17)22(24)25/h3-5,9-12,14-17,23H,6-8,13H2,1-2H3,(H,24,25). The molecule has 2 aromatic carbocycles. The average molecular weight is 466 g/mol. The third-order valence-electron chi connectivity index (χ3n) is 5.61. The summed E-state index contributed by atoms with van der Waals surface area (Å²) >= 11 is 0. The molecule has 0 amide bonds. The number of aliphatic carboxylic acids is 1. The van der Waals surface area contributed by atoms with E-state index in [1.807, 2.05) is 13.8 Å². The van der Waals surface area contributed by atoms with Crippen molar-refractivity contribution in [3.8, 4) is 0 Å². The van der Waals surface area contributed by atoms with Gasteiger partial charge in [-0.05, 0) is 55.0 Å². The van der Waals surface area contributed by atoms with Crippen molar-refractivity contribution < 1.29 is 26.7 Å². The fourth-order valence-electron chi connectivity index (χ4n) is 3.93. The molecule has 0 bridgehead atoms. The maximum atomic E-state index is 13.3. The molecule has 0 aliphatic heterocycles. The van der Waals surface area contributed by atoms with Gasteiger partial charge in [0.15, 0.2) is 0 Å². The summed E-state index contributed by atoms with van der Waals surface area (Å²) in [6, 6.07) is 11.5. The van der Waals surface area contributed by atoms with Gasteiger partial charge in [-0.3, -0.25) is 4.79 Å². The number of rotatable bonds is 7. The number of sulfonamides is 1. The number of sulfone groups is 1. The molecule has 1 saturated carbocycles. The quantitative estimate of drug-likeness (QED) is 0.646. The van der Waals surface area contributed by atoms with Crippen LogP contribution in [0.4, 0.5) is 0 Å². The monoisotopic (exact) mass is 465 g/mol. The van der Waals surface area contributed by atoms with Crippen LogP contribution in [0.5, 0.6) is 0 Å². The normalized spacial score (nSPS) is 20.0. The van der Waals surface area contributed by atoms with E-state index in [0.29, 0.717) is 24.8 Å². The molecule has 1 aliphatic rings. The molecule has 0 spiro atoms. The third kappa shape index (κ3) is 5.16. The first-order valence-electron chi connectivity index (χ1n) is 10.2. The average Bonchev–Trinajstić information content (AvgIpc) is 2.73. The molecular weight excluding hydrogens is 438 g/mol. The van der Waals surface area contributed by atoms with Gasteiger partial charge in [0.2, 0.25) is 19.9 Å². The van der Waals surface area contributed by atoms with E-state index in [9.17, 15) is 26.7 Å². The second kappa shape index (κ2) is 9.10. The lowest BCUT2D eigenvalue weighted by molar-refractivity contribution is -0.143. The minimum Gasteiger partial charge on any atom is -0.481 e. The van der Waals surface area contributed by atoms with Crippen molar-refractivity contribution in [1.82, 2.24) is 4.72 Å². The van der Waals surface area contributed by atoms with Crippen LogP contribution in [0.15, 0.2) is 63.2 Å². The van der Waals surface area contributed by atoms with Crippen LogP contribution in [0.25, 0.3) is 0 Å². The van der Waals surface area contributed by atoms with Crippen LogP contribution in [0, 0.1) is 5.92 Å². The van der Waals surface area contributed by atoms with E-state index in [4.69, 9.17) is 0 Å². The summed E-state index contributed by atoms with van der Waals surface area (Å²) in [5.41, 5.74) is 0.505. The highest BCUT2D eigenvalue weighted by Gasteiger charge is 2.32. The highest BCUT2D eigenvalue weighted by molar-refractivity contribution is 7.91. The number of carboxylic acids is 1. The third-order valence-corrected chi connectivity index (χ3v) is 8.95. The number of hydrogen-bond donors (Lipinski definition) is 2. The fourth-order valence-corrected chi connectivity index (χ4v) is 6.99. The molecular formula is C22H27NO6S2. The van der Waals surface area contributed by atoms with Crippen LogP contribution in [0.2, 0.25) is 0 Å². The minimum absolute atomic E-state index is 0.0835. The van der Waals surface area contributed by atoms with Crippen LogP contribution in [-0.2, 0) is 24.7 Å². The van der Waals surface area contributed by atoms with Crippen molar-refractivity contribution in [2.24, 2.45) is 5.92 Å². The summed E-state index contributed by atoms with van der Waals surface area (Å²) in [4.78, 5) is 11.2. The molecule has 7 nitrogen and oxygen atoms in total. The highest BCUT2D eigenvalue weighted by Crippen LogP contribution is 2.31. The topological polar surface area (TPSA) is 118 Å². The van der Waals surface area contributed by atoms with Crippen molar-refractivity contribution in [1.29, 1.82) is 0 Å². The van der Waals surface area contributed by atoms with Crippen LogP contribution < -0.4 is 4.72 Å². The summed E-state index contributed by atoms with van der Waals surface area (Å²) < 4.78 is 55.2. The Balaban J connectivity index is 2.00. The van der Waals surface area contributed by atoms with E-state index in [0.717, 1.165) is 0 Å². The van der Waals surface area contributed by atoms with Crippen LogP contribution in [-0.4, -0.2) is 34.0 Å². The van der Waals surface area contributed by atoms with Crippen molar-refractivity contribution in [3.63, 3.8) is 0 Å². The molecule has 2 atom stereocenters. The molecule has 0 saturated heterocycles. The predicted octanol–water partition coefficient (Wildman–Crippen LogP) is 3.56. The van der Waals surface area contributed by atoms with Gasteiger partial charge in [0.05, 0.1) is 20.6 Å². The zero-order valence-electron chi connectivity index (χ0n) is 17.5. The van der Waals surface area contributed by atoms with Gasteiger partial charge in [0.1, 0.15) is 0 Å². The second-order valence-corrected chi connectivity index (χ2v) is 11.8. The largest absolute Gasteiger partial charge is 0.481 e. The lowest BCUT2D eigenvalue weighted by Gasteiger charge is -2.27. The maximum Gasteiger partial charge on any atom is 0.306 e. The summed E-state index contributed by atoms with van der Waals surface area (Å²) in [5, 5.41) is 9.28. The molecule has 2 unspecified atom stereocenters. The first-order valence-corrected chi connectivity index (χ1v) is 13.2. The Labute approximate surface area is 183 Å². The zero-order chi connectivity index (χ0) is 22.8. The van der Waals surface area contributed by atoms with Gasteiger partial charge in [0.25, 0.3) is 0 Å². The highest BCUT2D eigenvalue weighted by atomic mass is 32.2. The van der Waals surface area contributed by atoms with Gasteiger partial charge in [-0.2, -0.15) is 0 Å². The number of carbonyl (C=O) groups is 1. The number of hydrogen-bond acceptors (Lipinski definition) is 5. The van der Waals surface area contributed by atoms with Crippen LogP contribution in [0.1, 0.15) is 51.0 Å². The van der Waals surface area contributed by atoms with Gasteiger partial charge >= 0.3 is 5.97 Å². The van der Waals surface area contributed by atoms with Crippen LogP contribution in [0.3, 0.4) is 0 Å². The smallest absolute Gasteiger partial charge is 0.306 e. The molecule has 9 heteroatoms. The van der Waals surface area contributed by atoms with Crippen LogP contribution >= 0.6 is 0 Å². The molecule has 0 radical (unpaired) electrons. The number of nitrogens with one attached hydrogen (secondary N) is 1. The SMILES string of the molecule is CC(C)c1ccc(S(=O)(=O)c2ccccc2)cc1S(=O)(=O)NC1CCCC(C(=O)O)C1. The maximum absolute atomic E-state index is 13.3. The Bertz CT molecular complexity index is 1160. The summed E-state index contributed by atoms with van der Waals surface area (Å²) in [6.07, 6.45) is 1.90. The molecule has 3 rings (SSSR count). The molecule has 0 aromatic heterocycles. The molecule has 168 valence electrons. The van der Waals surface area contributed by atoms with E-state index in [1.54, 1.807) is 18.2 Å². The lowest BCUT2D eigenvalue weighted by Crippen LogP contribution is -2.40. The number of carboxylic acid groups (broad SMARTS) is 1. The van der Waals surface area contributed by atoms with Crippen molar-refractivity contribution in [2.75, 3.05) is 0 Å². The predicted molar refractivity (Wildman–Crippen MR) is 116 cm³/mol. The number of benzene rings is 2. The fraction of sp³-hybridized carbons (Fsp3) is 0.409. The van der Waals surface area contributed by atoms with E-state index in [2.05, 4.69) is 4.72 Å². The molecule has 1 aliphatic carbocycles. The molecule has 2 N–H and O–H groups in total. The Morgan fingerprint density at radius 1 is 1.00 bits per heavy atom. The van der Waals surface area contributed by atoms with Gasteiger partial charge < -0.3 is 5.11 Å². The first kappa shape index (κ1) is 23.4. The summed E-state index contributed by atoms with van der Waals surface area (Å²) in [7, 11) is -7.94. The first-order chi connectivity index (χ1) is 14.5. The van der Waals surface area contributed by atoms with E-state index < -0.39 is 37.8 Å². The van der Waals surface area contributed by atoms with Gasteiger partial charge in [-0.1, -0.05) is 44.5 Å². The lowest BCUT2D eigenvalue weighted by atomic mass is 9.86. The zero-order valence-corrected chi connectivity index (χ0v) is 19.1. The summed E-state index contributed by atoms with van der Waals surface area (Å²) in [6.45, 7) is 3.67. The van der Waals surface area contributed by atoms with E-state index in [-0.39, 0.29) is 27.0 Å². The van der Waals surface area contributed by atoms with Gasteiger partial charge in [0, 0.05) is 6.04 Å². The Hall–Kier alpha value is -2.23. The second-order valence-electron chi connectivity index (χ2n) is 8.19. The molecule has 1 fully saturated rings. The summed E-state index contributed by atoms with van der Waals surface area (Å²) in [5.74, 6) is -1.67. The minimum atomic E-state index is -4.06.